The van der Waals surface area contributed by atoms with Crippen LogP contribution in [0.15, 0.2) is 48.5 Å². The van der Waals surface area contributed by atoms with Gasteiger partial charge in [-0.3, -0.25) is 5.32 Å². The minimum atomic E-state index is 0.584. The van der Waals surface area contributed by atoms with Crippen molar-refractivity contribution in [3.8, 4) is 0 Å². The minimum Gasteiger partial charge on any atom is -0.376 e. The predicted molar refractivity (Wildman–Crippen MR) is 123 cm³/mol. The maximum absolute atomic E-state index is 6.00. The van der Waals surface area contributed by atoms with Crippen LogP contribution in [0.4, 0.5) is 29.1 Å². The lowest BCUT2D eigenvalue weighted by molar-refractivity contribution is -0.349. The van der Waals surface area contributed by atoms with Crippen molar-refractivity contribution in [1.82, 2.24) is 15.0 Å². The van der Waals surface area contributed by atoms with Gasteiger partial charge in [-0.1, -0.05) is 28.2 Å². The standard InChI is InChI=1S/C21H19Cl2N7O/c22-13-1-5-15(6-2-13)24-20-26-17-18(27-20)28-21(25-16-7-3-14(23)4-8-16)29-19(17)30-9-11-31-12-10-30/h1-8H,9-12H2,(H3,24,25,26,27,28,29)/p+1. The molecule has 10 heteroatoms. The fourth-order valence-corrected chi connectivity index (χ4v) is 3.65. The number of aromatic nitrogens is 4. The number of H-pyrrole nitrogens is 2. The fraction of sp³-hybridized carbons (Fsp3) is 0.190. The summed E-state index contributed by atoms with van der Waals surface area (Å²) in [6.45, 7) is 2.88. The summed E-state index contributed by atoms with van der Waals surface area (Å²) in [4.78, 5) is 18.3. The van der Waals surface area contributed by atoms with E-state index in [1.807, 2.05) is 48.5 Å². The zero-order chi connectivity index (χ0) is 21.2. The van der Waals surface area contributed by atoms with Crippen molar-refractivity contribution >= 4 is 63.5 Å². The summed E-state index contributed by atoms with van der Waals surface area (Å²) in [5.74, 6) is 2.08. The summed E-state index contributed by atoms with van der Waals surface area (Å²) in [6.07, 6.45) is 0. The first-order chi connectivity index (χ1) is 15.1. The van der Waals surface area contributed by atoms with E-state index in [2.05, 4.69) is 35.5 Å². The van der Waals surface area contributed by atoms with Crippen molar-refractivity contribution in [3.63, 3.8) is 0 Å². The highest BCUT2D eigenvalue weighted by molar-refractivity contribution is 6.30. The molecule has 3 heterocycles. The lowest BCUT2D eigenvalue weighted by Gasteiger charge is -2.24. The van der Waals surface area contributed by atoms with E-state index >= 15 is 0 Å². The van der Waals surface area contributed by atoms with Gasteiger partial charge in [-0.25, -0.2) is 4.98 Å². The van der Waals surface area contributed by atoms with E-state index in [0.29, 0.717) is 40.8 Å². The Hall–Kier alpha value is -3.07. The highest BCUT2D eigenvalue weighted by Crippen LogP contribution is 2.26. The van der Waals surface area contributed by atoms with Crippen molar-refractivity contribution in [2.45, 2.75) is 0 Å². The Kier molecular flexibility index (Phi) is 5.50. The maximum Gasteiger partial charge on any atom is 0.351 e. The van der Waals surface area contributed by atoms with Crippen LogP contribution in [0.1, 0.15) is 0 Å². The summed E-state index contributed by atoms with van der Waals surface area (Å²) in [6, 6.07) is 14.9. The van der Waals surface area contributed by atoms with Crippen LogP contribution in [-0.4, -0.2) is 41.3 Å². The van der Waals surface area contributed by atoms with E-state index in [-0.39, 0.29) is 0 Å². The third-order valence-electron chi connectivity index (χ3n) is 4.92. The van der Waals surface area contributed by atoms with Crippen LogP contribution >= 0.6 is 23.2 Å². The lowest BCUT2D eigenvalue weighted by atomic mass is 10.3. The number of nitrogens with zero attached hydrogens (tertiary/aromatic N) is 3. The summed E-state index contributed by atoms with van der Waals surface area (Å²) in [5.41, 5.74) is 3.16. The van der Waals surface area contributed by atoms with Gasteiger partial charge in [0.2, 0.25) is 17.4 Å². The largest absolute Gasteiger partial charge is 0.376 e. The number of halogens is 2. The van der Waals surface area contributed by atoms with Crippen molar-refractivity contribution in [2.24, 2.45) is 0 Å². The molecule has 2 aromatic carbocycles. The molecule has 0 spiro atoms. The molecular weight excluding hydrogens is 437 g/mol. The van der Waals surface area contributed by atoms with E-state index in [4.69, 9.17) is 27.9 Å². The molecule has 0 saturated carbocycles. The summed E-state index contributed by atoms with van der Waals surface area (Å²) >= 11 is 12.0. The SMILES string of the molecule is Clc1ccc(Nc2nc3nc(Nc4ccc(Cl)cc4)[nH+]c(N4CCOCC4)c3[nH]2)cc1. The van der Waals surface area contributed by atoms with Gasteiger partial charge in [-0.05, 0) is 48.5 Å². The second-order valence-electron chi connectivity index (χ2n) is 7.08. The Morgan fingerprint density at radius 3 is 2.13 bits per heavy atom. The Bertz CT molecular complexity index is 1190. The van der Waals surface area contributed by atoms with Gasteiger partial charge < -0.3 is 19.9 Å². The Morgan fingerprint density at radius 1 is 0.871 bits per heavy atom. The molecule has 0 bridgehead atoms. The van der Waals surface area contributed by atoms with Gasteiger partial charge >= 0.3 is 5.95 Å². The number of anilines is 5. The second-order valence-corrected chi connectivity index (χ2v) is 7.95. The van der Waals surface area contributed by atoms with Gasteiger partial charge in [0.25, 0.3) is 0 Å². The van der Waals surface area contributed by atoms with Crippen molar-refractivity contribution in [3.05, 3.63) is 58.6 Å². The van der Waals surface area contributed by atoms with Gasteiger partial charge in [0, 0.05) is 15.7 Å². The fourth-order valence-electron chi connectivity index (χ4n) is 3.40. The van der Waals surface area contributed by atoms with Gasteiger partial charge in [0.05, 0.1) is 32.0 Å². The molecule has 4 aromatic rings. The summed E-state index contributed by atoms with van der Waals surface area (Å²) in [7, 11) is 0. The maximum atomic E-state index is 6.00. The van der Waals surface area contributed by atoms with Crippen LogP contribution in [0.25, 0.3) is 11.2 Å². The molecule has 158 valence electrons. The Labute approximate surface area is 188 Å². The van der Waals surface area contributed by atoms with E-state index < -0.39 is 0 Å². The van der Waals surface area contributed by atoms with E-state index in [9.17, 15) is 0 Å². The number of rotatable bonds is 5. The number of imidazole rings is 1. The Balaban J connectivity index is 1.52. The minimum absolute atomic E-state index is 0.584. The molecule has 1 saturated heterocycles. The Morgan fingerprint density at radius 2 is 1.48 bits per heavy atom. The number of hydrogen-bond acceptors (Lipinski definition) is 6. The highest BCUT2D eigenvalue weighted by atomic mass is 35.5. The van der Waals surface area contributed by atoms with Crippen molar-refractivity contribution in [2.75, 3.05) is 41.8 Å². The molecule has 0 unspecified atom stereocenters. The molecule has 0 amide bonds. The average molecular weight is 457 g/mol. The van der Waals surface area contributed by atoms with Crippen LogP contribution < -0.4 is 20.5 Å². The number of fused-ring (bicyclic) bond motifs is 1. The lowest BCUT2D eigenvalue weighted by Crippen LogP contribution is -2.40. The quantitative estimate of drug-likeness (QED) is 0.412. The smallest absolute Gasteiger partial charge is 0.351 e. The molecule has 0 atom stereocenters. The zero-order valence-electron chi connectivity index (χ0n) is 16.5. The number of hydrogen-bond donors (Lipinski definition) is 3. The van der Waals surface area contributed by atoms with Crippen LogP contribution in [0.5, 0.6) is 0 Å². The normalized spacial score (nSPS) is 14.1. The van der Waals surface area contributed by atoms with Crippen LogP contribution in [-0.2, 0) is 4.74 Å². The first kappa shape index (κ1) is 19.9. The molecule has 31 heavy (non-hydrogen) atoms. The molecule has 2 aromatic heterocycles. The number of ether oxygens (including phenoxy) is 1. The third kappa shape index (κ3) is 4.51. The highest BCUT2D eigenvalue weighted by Gasteiger charge is 2.24. The molecule has 0 aliphatic carbocycles. The monoisotopic (exact) mass is 456 g/mol. The average Bonchev–Trinajstić information content (AvgIpc) is 3.19. The molecule has 8 nitrogen and oxygen atoms in total. The predicted octanol–water partition coefficient (Wildman–Crippen LogP) is 4.40. The number of aromatic amines is 2. The van der Waals surface area contributed by atoms with E-state index in [1.165, 1.54) is 0 Å². The number of nitrogens with one attached hydrogen (secondary N) is 4. The van der Waals surface area contributed by atoms with Gasteiger partial charge in [0.15, 0.2) is 5.52 Å². The first-order valence-electron chi connectivity index (χ1n) is 9.85. The summed E-state index contributed by atoms with van der Waals surface area (Å²) < 4.78 is 5.52. The summed E-state index contributed by atoms with van der Waals surface area (Å²) in [5, 5.41) is 7.92. The van der Waals surface area contributed by atoms with Crippen molar-refractivity contribution in [1.29, 1.82) is 0 Å². The van der Waals surface area contributed by atoms with Gasteiger partial charge in [0.1, 0.15) is 0 Å². The van der Waals surface area contributed by atoms with Gasteiger partial charge in [-0.2, -0.15) is 4.98 Å². The molecule has 5 rings (SSSR count). The van der Waals surface area contributed by atoms with Crippen LogP contribution in [0, 0.1) is 0 Å². The van der Waals surface area contributed by atoms with Crippen LogP contribution in [0.3, 0.4) is 0 Å². The molecule has 1 fully saturated rings. The molecule has 0 radical (unpaired) electrons. The topological polar surface area (TPSA) is 92.2 Å². The molecular formula is C21H20Cl2N7O+. The first-order valence-corrected chi connectivity index (χ1v) is 10.6. The number of morpholine rings is 1. The van der Waals surface area contributed by atoms with E-state index in [1.54, 1.807) is 0 Å². The molecule has 1 aliphatic rings. The van der Waals surface area contributed by atoms with Crippen molar-refractivity contribution < 1.29 is 9.72 Å². The van der Waals surface area contributed by atoms with Gasteiger partial charge in [-0.15, -0.1) is 0 Å². The third-order valence-corrected chi connectivity index (χ3v) is 5.42. The van der Waals surface area contributed by atoms with E-state index in [0.717, 1.165) is 35.8 Å². The molecule has 1 aliphatic heterocycles. The second kappa shape index (κ2) is 8.58. The molecule has 4 N–H and O–H groups in total. The van der Waals surface area contributed by atoms with Crippen LogP contribution in [0.2, 0.25) is 10.0 Å². The zero-order valence-corrected chi connectivity index (χ0v) is 18.0. The number of benzene rings is 2.